The monoisotopic (exact) mass is 447 g/mol. The molecule has 0 radical (unpaired) electrons. The second kappa shape index (κ2) is 7.97. The van der Waals surface area contributed by atoms with Gasteiger partial charge in [-0.05, 0) is 33.3 Å². The van der Waals surface area contributed by atoms with Gasteiger partial charge in [0.25, 0.3) is 0 Å². The van der Waals surface area contributed by atoms with Crippen molar-refractivity contribution in [2.45, 2.75) is 57.9 Å². The van der Waals surface area contributed by atoms with Gasteiger partial charge in [0.2, 0.25) is 10.0 Å². The Bertz CT molecular complexity index is 797. The van der Waals surface area contributed by atoms with Crippen LogP contribution in [0.15, 0.2) is 12.1 Å². The topological polar surface area (TPSA) is 46.6 Å². The van der Waals surface area contributed by atoms with Gasteiger partial charge in [-0.2, -0.15) is 17.5 Å². The van der Waals surface area contributed by atoms with Crippen LogP contribution < -0.4 is 4.74 Å². The van der Waals surface area contributed by atoms with Gasteiger partial charge in [-0.25, -0.2) is 8.42 Å². The first-order chi connectivity index (χ1) is 12.3. The van der Waals surface area contributed by atoms with Crippen LogP contribution in [0.25, 0.3) is 0 Å². The smallest absolute Gasteiger partial charge is 0.389 e. The summed E-state index contributed by atoms with van der Waals surface area (Å²) in [7, 11) is -3.76. The lowest BCUT2D eigenvalue weighted by atomic mass is 9.89. The molecular weight excluding hydrogens is 426 g/mol. The average molecular weight is 448 g/mol. The van der Waals surface area contributed by atoms with E-state index in [1.807, 2.05) is 0 Å². The Morgan fingerprint density at radius 3 is 2.41 bits per heavy atom. The van der Waals surface area contributed by atoms with Crippen molar-refractivity contribution in [3.05, 3.63) is 27.7 Å². The molecule has 1 aromatic carbocycles. The van der Waals surface area contributed by atoms with Crippen LogP contribution in [-0.4, -0.2) is 36.8 Å². The van der Waals surface area contributed by atoms with Gasteiger partial charge in [-0.1, -0.05) is 23.2 Å². The molecule has 154 valence electrons. The number of hydrogen-bond acceptors (Lipinski definition) is 3. The van der Waals surface area contributed by atoms with Crippen LogP contribution in [-0.2, 0) is 10.0 Å². The lowest BCUT2D eigenvalue weighted by Gasteiger charge is -2.42. The molecule has 1 heterocycles. The molecule has 1 unspecified atom stereocenters. The normalized spacial score (nSPS) is 19.7. The molecule has 0 saturated carbocycles. The van der Waals surface area contributed by atoms with Gasteiger partial charge in [-0.3, -0.25) is 0 Å². The van der Waals surface area contributed by atoms with E-state index in [-0.39, 0.29) is 35.2 Å². The third-order valence-corrected chi connectivity index (χ3v) is 6.99. The molecule has 0 amide bonds. The molecule has 0 aromatic heterocycles. The van der Waals surface area contributed by atoms with E-state index < -0.39 is 34.3 Å². The Labute approximate surface area is 167 Å². The molecule has 10 heteroatoms. The number of alkyl halides is 3. The average Bonchev–Trinajstić information content (AvgIpc) is 2.51. The maximum Gasteiger partial charge on any atom is 0.389 e. The van der Waals surface area contributed by atoms with Crippen LogP contribution in [0.2, 0.25) is 10.0 Å². The Kier molecular flexibility index (Phi) is 6.67. The van der Waals surface area contributed by atoms with Gasteiger partial charge in [0.15, 0.2) is 0 Å². The minimum absolute atomic E-state index is 0.215. The van der Waals surface area contributed by atoms with Crippen molar-refractivity contribution in [3.8, 4) is 5.75 Å². The van der Waals surface area contributed by atoms with Crippen molar-refractivity contribution in [2.75, 3.05) is 12.3 Å². The first-order valence-electron chi connectivity index (χ1n) is 8.50. The standard InChI is InChI=1S/C17H22Cl2F3NO3S/c1-4-27(24,25)23(7-5-6-17(20,21)22)14-10-16(2,3)26-15-9-13(19)12(18)8-11(14)15/h8-9,14H,4-7,10H2,1-3H3. The van der Waals surface area contributed by atoms with Gasteiger partial charge in [0, 0.05) is 31.0 Å². The SMILES string of the molecule is CCS(=O)(=O)N(CCCC(F)(F)F)C1CC(C)(C)Oc2cc(Cl)c(Cl)cc21. The number of benzene rings is 1. The summed E-state index contributed by atoms with van der Waals surface area (Å²) in [6.45, 7) is 4.80. The first-order valence-corrected chi connectivity index (χ1v) is 10.9. The molecule has 1 atom stereocenters. The lowest BCUT2D eigenvalue weighted by molar-refractivity contribution is -0.136. The van der Waals surface area contributed by atoms with E-state index >= 15 is 0 Å². The zero-order chi connectivity index (χ0) is 20.6. The number of rotatable bonds is 6. The predicted octanol–water partition coefficient (Wildman–Crippen LogP) is 5.59. The minimum Gasteiger partial charge on any atom is -0.487 e. The molecule has 0 fully saturated rings. The summed E-state index contributed by atoms with van der Waals surface area (Å²) in [6.07, 6.45) is -5.44. The van der Waals surface area contributed by atoms with E-state index in [9.17, 15) is 21.6 Å². The minimum atomic E-state index is -4.34. The third kappa shape index (κ3) is 5.65. The number of sulfonamides is 1. The largest absolute Gasteiger partial charge is 0.487 e. The molecule has 27 heavy (non-hydrogen) atoms. The van der Waals surface area contributed by atoms with Crippen molar-refractivity contribution in [3.63, 3.8) is 0 Å². The molecule has 0 bridgehead atoms. The second-order valence-corrected chi connectivity index (χ2v) is 10.1. The van der Waals surface area contributed by atoms with E-state index in [0.717, 1.165) is 4.31 Å². The summed E-state index contributed by atoms with van der Waals surface area (Å²) >= 11 is 12.1. The molecule has 4 nitrogen and oxygen atoms in total. The highest BCUT2D eigenvalue weighted by Crippen LogP contribution is 2.46. The van der Waals surface area contributed by atoms with Crippen LogP contribution in [0.5, 0.6) is 5.75 Å². The third-order valence-electron chi connectivity index (χ3n) is 4.39. The fourth-order valence-electron chi connectivity index (χ4n) is 3.15. The molecule has 0 saturated heterocycles. The highest BCUT2D eigenvalue weighted by molar-refractivity contribution is 7.89. The zero-order valence-electron chi connectivity index (χ0n) is 15.2. The number of fused-ring (bicyclic) bond motifs is 1. The summed E-state index contributed by atoms with van der Waals surface area (Å²) < 4.78 is 70.1. The highest BCUT2D eigenvalue weighted by Gasteiger charge is 2.41. The van der Waals surface area contributed by atoms with Crippen LogP contribution in [0.3, 0.4) is 0 Å². The molecule has 1 aromatic rings. The van der Waals surface area contributed by atoms with E-state index in [1.54, 1.807) is 13.8 Å². The molecule has 0 aliphatic carbocycles. The molecule has 0 N–H and O–H groups in total. The molecular formula is C17H22Cl2F3NO3S. The van der Waals surface area contributed by atoms with Crippen molar-refractivity contribution in [1.29, 1.82) is 0 Å². The quantitative estimate of drug-likeness (QED) is 0.570. The van der Waals surface area contributed by atoms with Crippen LogP contribution in [0.1, 0.15) is 51.6 Å². The molecule has 1 aliphatic heterocycles. The number of halogens is 5. The van der Waals surface area contributed by atoms with Gasteiger partial charge in [0.05, 0.1) is 21.8 Å². The molecule has 2 rings (SSSR count). The van der Waals surface area contributed by atoms with Gasteiger partial charge in [-0.15, -0.1) is 0 Å². The van der Waals surface area contributed by atoms with Crippen molar-refractivity contribution < 1.29 is 26.3 Å². The molecule has 0 spiro atoms. The van der Waals surface area contributed by atoms with E-state index in [0.29, 0.717) is 11.3 Å². The maximum absolute atomic E-state index is 12.7. The summed E-state index contributed by atoms with van der Waals surface area (Å²) in [4.78, 5) is 0. The summed E-state index contributed by atoms with van der Waals surface area (Å²) in [5.41, 5.74) is -0.215. The predicted molar refractivity (Wildman–Crippen MR) is 100.0 cm³/mol. The first kappa shape index (κ1) is 22.6. The summed E-state index contributed by atoms with van der Waals surface area (Å²) in [6, 6.07) is 2.36. The second-order valence-electron chi connectivity index (χ2n) is 7.12. The van der Waals surface area contributed by atoms with Gasteiger partial charge in [0.1, 0.15) is 11.4 Å². The van der Waals surface area contributed by atoms with Crippen LogP contribution >= 0.6 is 23.2 Å². The Balaban J connectivity index is 2.46. The van der Waals surface area contributed by atoms with E-state index in [2.05, 4.69) is 0 Å². The molecule has 1 aliphatic rings. The summed E-state index contributed by atoms with van der Waals surface area (Å²) in [5, 5.41) is 0.488. The fourth-order valence-corrected chi connectivity index (χ4v) is 4.80. The number of ether oxygens (including phenoxy) is 1. The number of hydrogen-bond donors (Lipinski definition) is 0. The summed E-state index contributed by atoms with van der Waals surface area (Å²) in [5.74, 6) is 0.172. The van der Waals surface area contributed by atoms with Crippen molar-refractivity contribution >= 4 is 33.2 Å². The van der Waals surface area contributed by atoms with Crippen molar-refractivity contribution in [1.82, 2.24) is 4.31 Å². The van der Waals surface area contributed by atoms with E-state index in [1.165, 1.54) is 19.1 Å². The Hall–Kier alpha value is -0.700. The maximum atomic E-state index is 12.7. The van der Waals surface area contributed by atoms with Crippen LogP contribution in [0.4, 0.5) is 13.2 Å². The Morgan fingerprint density at radius 2 is 1.85 bits per heavy atom. The fraction of sp³-hybridized carbons (Fsp3) is 0.647. The highest BCUT2D eigenvalue weighted by atomic mass is 35.5. The Morgan fingerprint density at radius 1 is 1.26 bits per heavy atom. The lowest BCUT2D eigenvalue weighted by Crippen LogP contribution is -2.44. The van der Waals surface area contributed by atoms with Gasteiger partial charge >= 0.3 is 6.18 Å². The zero-order valence-corrected chi connectivity index (χ0v) is 17.6. The van der Waals surface area contributed by atoms with Crippen LogP contribution in [0, 0.1) is 0 Å². The van der Waals surface area contributed by atoms with E-state index in [4.69, 9.17) is 27.9 Å². The van der Waals surface area contributed by atoms with Gasteiger partial charge < -0.3 is 4.74 Å². The number of nitrogens with zero attached hydrogens (tertiary/aromatic N) is 1. The van der Waals surface area contributed by atoms with Crippen molar-refractivity contribution in [2.24, 2.45) is 0 Å².